The van der Waals surface area contributed by atoms with E-state index < -0.39 is 0 Å². The van der Waals surface area contributed by atoms with Gasteiger partial charge < -0.3 is 5.73 Å². The Hall–Kier alpha value is -0.0400. The molecule has 0 aromatic heterocycles. The molecule has 1 aliphatic rings. The van der Waals surface area contributed by atoms with Crippen molar-refractivity contribution < 1.29 is 0 Å². The summed E-state index contributed by atoms with van der Waals surface area (Å²) in [5.74, 6) is 0. The van der Waals surface area contributed by atoms with Crippen LogP contribution in [-0.4, -0.2) is 5.54 Å². The molecular weight excluding hydrogens is 218 g/mol. The Bertz CT molecular complexity index is 222. The summed E-state index contributed by atoms with van der Waals surface area (Å²) in [5.41, 5.74) is 7.32. The fourth-order valence-electron chi connectivity index (χ4n) is 3.26. The predicted octanol–water partition coefficient (Wildman–Crippen LogP) is 5.42. The number of unbranched alkanes of at least 4 members (excludes halogenated alkanes) is 5. The minimum absolute atomic E-state index is 0.165. The van der Waals surface area contributed by atoms with E-state index in [9.17, 15) is 0 Å². The highest BCUT2D eigenvalue weighted by Crippen LogP contribution is 2.38. The van der Waals surface area contributed by atoms with Crippen LogP contribution >= 0.6 is 0 Å². The zero-order valence-electron chi connectivity index (χ0n) is 13.1. The first-order valence-corrected chi connectivity index (χ1v) is 8.26. The average molecular weight is 253 g/mol. The highest BCUT2D eigenvalue weighted by Gasteiger charge is 2.31. The molecule has 0 bridgehead atoms. The van der Waals surface area contributed by atoms with Crippen molar-refractivity contribution in [3.8, 4) is 0 Å². The lowest BCUT2D eigenvalue weighted by molar-refractivity contribution is 0.287. The Morgan fingerprint density at radius 1 is 0.833 bits per heavy atom. The van der Waals surface area contributed by atoms with Crippen LogP contribution in [0.15, 0.2) is 0 Å². The summed E-state index contributed by atoms with van der Waals surface area (Å²) in [6, 6.07) is 0. The fraction of sp³-hybridized carbons (Fsp3) is 1.00. The van der Waals surface area contributed by atoms with E-state index in [4.69, 9.17) is 5.73 Å². The van der Waals surface area contributed by atoms with Gasteiger partial charge in [0.25, 0.3) is 0 Å². The minimum atomic E-state index is 0.165. The number of rotatable bonds is 7. The van der Waals surface area contributed by atoms with Crippen LogP contribution in [0.3, 0.4) is 0 Å². The van der Waals surface area contributed by atoms with E-state index >= 15 is 0 Å². The Morgan fingerprint density at radius 2 is 1.50 bits per heavy atom. The largest absolute Gasteiger partial charge is 0.325 e. The molecule has 0 amide bonds. The van der Waals surface area contributed by atoms with Crippen LogP contribution in [-0.2, 0) is 0 Å². The number of hydrogen-bond acceptors (Lipinski definition) is 1. The SMILES string of the molecule is CCCCCCCCC1(N)CCCC(C)(C)CC1. The molecule has 18 heavy (non-hydrogen) atoms. The first kappa shape index (κ1) is 16.0. The predicted molar refractivity (Wildman–Crippen MR) is 81.8 cm³/mol. The monoisotopic (exact) mass is 253 g/mol. The summed E-state index contributed by atoms with van der Waals surface area (Å²) < 4.78 is 0. The van der Waals surface area contributed by atoms with Gasteiger partial charge in [-0.2, -0.15) is 0 Å². The van der Waals surface area contributed by atoms with Crippen LogP contribution in [0.25, 0.3) is 0 Å². The highest BCUT2D eigenvalue weighted by atomic mass is 14.7. The molecule has 0 aromatic carbocycles. The normalized spacial score (nSPS) is 28.0. The third kappa shape index (κ3) is 6.22. The molecule has 108 valence electrons. The van der Waals surface area contributed by atoms with Gasteiger partial charge in [-0.1, -0.05) is 65.7 Å². The molecular formula is C17H35N. The summed E-state index contributed by atoms with van der Waals surface area (Å²) >= 11 is 0. The molecule has 1 atom stereocenters. The van der Waals surface area contributed by atoms with Gasteiger partial charge >= 0.3 is 0 Å². The minimum Gasteiger partial charge on any atom is -0.325 e. The van der Waals surface area contributed by atoms with Crippen molar-refractivity contribution >= 4 is 0 Å². The zero-order chi connectivity index (χ0) is 13.5. The van der Waals surface area contributed by atoms with Gasteiger partial charge in [0, 0.05) is 5.54 Å². The van der Waals surface area contributed by atoms with E-state index in [2.05, 4.69) is 20.8 Å². The van der Waals surface area contributed by atoms with E-state index in [1.807, 2.05) is 0 Å². The van der Waals surface area contributed by atoms with Gasteiger partial charge in [-0.15, -0.1) is 0 Å². The second kappa shape index (κ2) is 7.53. The van der Waals surface area contributed by atoms with E-state index in [0.717, 1.165) is 0 Å². The topological polar surface area (TPSA) is 26.0 Å². The van der Waals surface area contributed by atoms with Crippen LogP contribution in [0, 0.1) is 5.41 Å². The molecule has 2 N–H and O–H groups in total. The third-order valence-corrected chi connectivity index (χ3v) is 4.86. The van der Waals surface area contributed by atoms with E-state index in [1.54, 1.807) is 0 Å². The van der Waals surface area contributed by atoms with Crippen molar-refractivity contribution in [3.63, 3.8) is 0 Å². The molecule has 0 radical (unpaired) electrons. The number of hydrogen-bond donors (Lipinski definition) is 1. The molecule has 1 fully saturated rings. The number of nitrogens with two attached hydrogens (primary N) is 1. The van der Waals surface area contributed by atoms with Crippen LogP contribution in [0.4, 0.5) is 0 Å². The lowest BCUT2D eigenvalue weighted by Crippen LogP contribution is -2.39. The Labute approximate surface area is 115 Å². The summed E-state index contributed by atoms with van der Waals surface area (Å²) in [6.45, 7) is 7.09. The van der Waals surface area contributed by atoms with Crippen LogP contribution in [0.2, 0.25) is 0 Å². The summed E-state index contributed by atoms with van der Waals surface area (Å²) in [7, 11) is 0. The van der Waals surface area contributed by atoms with Crippen LogP contribution in [0.1, 0.15) is 97.8 Å². The maximum atomic E-state index is 6.62. The standard InChI is InChI=1S/C17H35N/c1-4-5-6-7-8-9-12-17(18)13-10-11-16(2,3)14-15-17/h4-15,18H2,1-3H3. The second-order valence-electron chi connectivity index (χ2n) is 7.40. The Morgan fingerprint density at radius 3 is 2.22 bits per heavy atom. The van der Waals surface area contributed by atoms with Crippen molar-refractivity contribution in [1.29, 1.82) is 0 Å². The summed E-state index contributed by atoms with van der Waals surface area (Å²) in [5, 5.41) is 0. The van der Waals surface area contributed by atoms with Gasteiger partial charge in [0.1, 0.15) is 0 Å². The molecule has 0 saturated heterocycles. The van der Waals surface area contributed by atoms with Gasteiger partial charge in [-0.25, -0.2) is 0 Å². The fourth-order valence-corrected chi connectivity index (χ4v) is 3.26. The average Bonchev–Trinajstić information content (AvgIpc) is 2.44. The Kier molecular flexibility index (Phi) is 6.70. The van der Waals surface area contributed by atoms with Gasteiger partial charge in [-0.05, 0) is 37.5 Å². The second-order valence-corrected chi connectivity index (χ2v) is 7.40. The molecule has 0 aromatic rings. The van der Waals surface area contributed by atoms with Crippen molar-refractivity contribution in [3.05, 3.63) is 0 Å². The van der Waals surface area contributed by atoms with E-state index in [-0.39, 0.29) is 5.54 Å². The van der Waals surface area contributed by atoms with Crippen LogP contribution in [0.5, 0.6) is 0 Å². The van der Waals surface area contributed by atoms with E-state index in [1.165, 1.54) is 77.0 Å². The van der Waals surface area contributed by atoms with Crippen LogP contribution < -0.4 is 5.73 Å². The molecule has 1 unspecified atom stereocenters. The van der Waals surface area contributed by atoms with Crippen molar-refractivity contribution in [1.82, 2.24) is 0 Å². The van der Waals surface area contributed by atoms with Gasteiger partial charge in [0.05, 0.1) is 0 Å². The van der Waals surface area contributed by atoms with E-state index in [0.29, 0.717) is 5.41 Å². The molecule has 0 aliphatic heterocycles. The van der Waals surface area contributed by atoms with Gasteiger partial charge in [0.15, 0.2) is 0 Å². The summed E-state index contributed by atoms with van der Waals surface area (Å²) in [6.07, 6.45) is 16.1. The molecule has 1 saturated carbocycles. The smallest absolute Gasteiger partial charge is 0.0154 e. The van der Waals surface area contributed by atoms with Gasteiger partial charge in [-0.3, -0.25) is 0 Å². The first-order chi connectivity index (χ1) is 8.47. The van der Waals surface area contributed by atoms with Crippen molar-refractivity contribution in [2.24, 2.45) is 11.1 Å². The van der Waals surface area contributed by atoms with Gasteiger partial charge in [0.2, 0.25) is 0 Å². The molecule has 0 heterocycles. The maximum absolute atomic E-state index is 6.62. The molecule has 1 rings (SSSR count). The molecule has 1 aliphatic carbocycles. The quantitative estimate of drug-likeness (QED) is 0.475. The third-order valence-electron chi connectivity index (χ3n) is 4.86. The highest BCUT2D eigenvalue weighted by molar-refractivity contribution is 4.89. The lowest BCUT2D eigenvalue weighted by atomic mass is 9.82. The van der Waals surface area contributed by atoms with Crippen molar-refractivity contribution in [2.45, 2.75) is 103 Å². The first-order valence-electron chi connectivity index (χ1n) is 8.26. The zero-order valence-corrected chi connectivity index (χ0v) is 13.1. The molecule has 1 heteroatoms. The van der Waals surface area contributed by atoms with Crippen molar-refractivity contribution in [2.75, 3.05) is 0 Å². The summed E-state index contributed by atoms with van der Waals surface area (Å²) in [4.78, 5) is 0. The molecule has 1 nitrogen and oxygen atoms in total. The molecule has 0 spiro atoms. The lowest BCUT2D eigenvalue weighted by Gasteiger charge is -2.29. The maximum Gasteiger partial charge on any atom is 0.0154 e. The Balaban J connectivity index is 2.19.